The Morgan fingerprint density at radius 1 is 1.06 bits per heavy atom. The number of nitrogens with zero attached hydrogens (tertiary/aromatic N) is 2. The smallest absolute Gasteiger partial charge is 0.427 e. The van der Waals surface area contributed by atoms with Crippen LogP contribution in [-0.2, 0) is 30.7 Å². The topological polar surface area (TPSA) is 162 Å². The summed E-state index contributed by atoms with van der Waals surface area (Å²) in [4.78, 5) is 47.2. The number of hydrogen-bond acceptors (Lipinski definition) is 9. The molecule has 12 nitrogen and oxygen atoms in total. The third kappa shape index (κ3) is 6.51. The summed E-state index contributed by atoms with van der Waals surface area (Å²) >= 11 is 0. The van der Waals surface area contributed by atoms with Crippen LogP contribution < -0.4 is 5.43 Å². The van der Waals surface area contributed by atoms with E-state index >= 15 is 0 Å². The summed E-state index contributed by atoms with van der Waals surface area (Å²) in [5.41, 5.74) is 0.485. The highest BCUT2D eigenvalue weighted by Crippen LogP contribution is 2.22. The van der Waals surface area contributed by atoms with Crippen LogP contribution in [0.2, 0.25) is 0 Å². The fourth-order valence-electron chi connectivity index (χ4n) is 2.67. The van der Waals surface area contributed by atoms with Crippen molar-refractivity contribution in [2.45, 2.75) is 37.7 Å². The van der Waals surface area contributed by atoms with Gasteiger partial charge in [0.25, 0.3) is 21.6 Å². The number of amides is 2. The summed E-state index contributed by atoms with van der Waals surface area (Å²) in [6, 6.07) is 9.39. The van der Waals surface area contributed by atoms with Crippen molar-refractivity contribution in [2.75, 3.05) is 7.11 Å². The number of carbonyl (C=O) groups is 3. The Morgan fingerprint density at radius 2 is 1.65 bits per heavy atom. The van der Waals surface area contributed by atoms with E-state index < -0.39 is 43.4 Å². The Morgan fingerprint density at radius 3 is 2.18 bits per heavy atom. The van der Waals surface area contributed by atoms with Gasteiger partial charge in [-0.1, -0.05) is 18.2 Å². The largest absolute Gasteiger partial charge is 0.469 e. The zero-order chi connectivity index (χ0) is 25.7. The Labute approximate surface area is 195 Å². The lowest BCUT2D eigenvalue weighted by Crippen LogP contribution is -2.51. The van der Waals surface area contributed by atoms with Crippen molar-refractivity contribution in [2.24, 2.45) is 0 Å². The molecule has 0 fully saturated rings. The number of carbonyl (C=O) groups excluding carboxylic acids is 3. The Hall–Kier alpha value is -4.00. The van der Waals surface area contributed by atoms with Crippen molar-refractivity contribution in [1.29, 1.82) is 0 Å². The van der Waals surface area contributed by atoms with Gasteiger partial charge < -0.3 is 9.47 Å². The van der Waals surface area contributed by atoms with Gasteiger partial charge in [-0.15, -0.1) is 4.41 Å². The minimum atomic E-state index is -4.76. The van der Waals surface area contributed by atoms with Gasteiger partial charge in [-0.25, -0.2) is 10.2 Å². The van der Waals surface area contributed by atoms with E-state index in [-0.39, 0.29) is 27.6 Å². The minimum Gasteiger partial charge on any atom is -0.469 e. The van der Waals surface area contributed by atoms with Crippen LogP contribution in [-0.4, -0.2) is 48.4 Å². The maximum Gasteiger partial charge on any atom is 0.427 e. The summed E-state index contributed by atoms with van der Waals surface area (Å²) < 4.78 is 36.3. The maximum atomic E-state index is 13.3. The Bertz CT molecular complexity index is 1200. The van der Waals surface area contributed by atoms with Crippen molar-refractivity contribution < 1.29 is 37.2 Å². The van der Waals surface area contributed by atoms with E-state index in [4.69, 9.17) is 4.74 Å². The molecule has 2 aromatic rings. The fourth-order valence-corrected chi connectivity index (χ4v) is 3.87. The highest BCUT2D eigenvalue weighted by molar-refractivity contribution is 7.89. The summed E-state index contributed by atoms with van der Waals surface area (Å²) in [5, 5.41) is 10.9. The first-order valence-electron chi connectivity index (χ1n) is 9.74. The number of hydrazine groups is 1. The second kappa shape index (κ2) is 10.3. The molecule has 34 heavy (non-hydrogen) atoms. The molecular weight excluding hydrogens is 470 g/mol. The fraction of sp³-hybridized carbons (Fsp3) is 0.286. The van der Waals surface area contributed by atoms with Crippen molar-refractivity contribution in [3.05, 3.63) is 69.8 Å². The molecule has 1 N–H and O–H groups in total. The van der Waals surface area contributed by atoms with Crippen LogP contribution in [0.1, 0.15) is 36.7 Å². The first kappa shape index (κ1) is 26.3. The zero-order valence-corrected chi connectivity index (χ0v) is 19.6. The summed E-state index contributed by atoms with van der Waals surface area (Å²) in [6.45, 7) is 4.61. The minimum absolute atomic E-state index is 0.0678. The number of esters is 1. The van der Waals surface area contributed by atoms with Gasteiger partial charge in [0.2, 0.25) is 0 Å². The van der Waals surface area contributed by atoms with E-state index in [2.05, 4.69) is 4.74 Å². The van der Waals surface area contributed by atoms with E-state index in [1.165, 1.54) is 45.0 Å². The van der Waals surface area contributed by atoms with Crippen molar-refractivity contribution >= 4 is 33.7 Å². The molecule has 2 amide bonds. The molecule has 0 heterocycles. The molecule has 2 aromatic carbocycles. The molecule has 0 radical (unpaired) electrons. The Kier molecular flexibility index (Phi) is 7.95. The molecule has 0 aromatic heterocycles. The number of hydrogen-bond donors (Lipinski definition) is 1. The lowest BCUT2D eigenvalue weighted by molar-refractivity contribution is -0.384. The highest BCUT2D eigenvalue weighted by Gasteiger charge is 2.35. The van der Waals surface area contributed by atoms with Crippen LogP contribution in [0.4, 0.5) is 10.5 Å². The second-order valence-corrected chi connectivity index (χ2v) is 9.64. The van der Waals surface area contributed by atoms with Crippen LogP contribution in [0.15, 0.2) is 53.4 Å². The standard InChI is InChI=1S/C21H23N3O9S/c1-21(2,3)33-20(27)22-23(34(30,31)16-11-9-15(10-12-16)24(28)29)19(26)17-8-6-5-7-14(17)13-18(25)32-4/h5-12H,13H2,1-4H3,(H,22,27). The summed E-state index contributed by atoms with van der Waals surface area (Å²) in [6.07, 6.45) is -1.58. The number of sulfonamides is 1. The van der Waals surface area contributed by atoms with Gasteiger partial charge in [-0.05, 0) is 44.5 Å². The van der Waals surface area contributed by atoms with E-state index in [0.29, 0.717) is 0 Å². The molecule has 0 unspecified atom stereocenters. The molecular formula is C21H23N3O9S. The number of methoxy groups -OCH3 is 1. The molecule has 2 rings (SSSR count). The summed E-state index contributed by atoms with van der Waals surface area (Å²) in [7, 11) is -3.60. The molecule has 0 spiro atoms. The Balaban J connectivity index is 2.56. The monoisotopic (exact) mass is 493 g/mol. The van der Waals surface area contributed by atoms with E-state index in [1.807, 2.05) is 5.43 Å². The molecule has 0 saturated carbocycles. The van der Waals surface area contributed by atoms with Gasteiger partial charge in [0, 0.05) is 17.7 Å². The first-order chi connectivity index (χ1) is 15.8. The van der Waals surface area contributed by atoms with Gasteiger partial charge in [0.1, 0.15) is 5.60 Å². The average molecular weight is 493 g/mol. The van der Waals surface area contributed by atoms with Crippen molar-refractivity contribution in [1.82, 2.24) is 9.84 Å². The average Bonchev–Trinajstić information content (AvgIpc) is 2.76. The molecule has 0 atom stereocenters. The molecule has 0 saturated heterocycles. The number of nitrogens with one attached hydrogen (secondary N) is 1. The van der Waals surface area contributed by atoms with Gasteiger partial charge in [0.05, 0.1) is 23.3 Å². The third-order valence-corrected chi connectivity index (χ3v) is 5.78. The second-order valence-electron chi connectivity index (χ2n) is 7.85. The molecule has 13 heteroatoms. The van der Waals surface area contributed by atoms with Crippen LogP contribution >= 0.6 is 0 Å². The van der Waals surface area contributed by atoms with E-state index in [1.54, 1.807) is 0 Å². The SMILES string of the molecule is COC(=O)Cc1ccccc1C(=O)N(NC(=O)OC(C)(C)C)S(=O)(=O)c1ccc([N+](=O)[O-])cc1. The molecule has 0 aliphatic carbocycles. The summed E-state index contributed by atoms with van der Waals surface area (Å²) in [5.74, 6) is -1.87. The quantitative estimate of drug-likeness (QED) is 0.362. The number of nitro benzene ring substituents is 1. The van der Waals surface area contributed by atoms with Crippen molar-refractivity contribution in [3.8, 4) is 0 Å². The molecule has 182 valence electrons. The van der Waals surface area contributed by atoms with Crippen LogP contribution in [0.3, 0.4) is 0 Å². The number of benzene rings is 2. The highest BCUT2D eigenvalue weighted by atomic mass is 32.2. The third-order valence-electron chi connectivity index (χ3n) is 4.17. The predicted octanol–water partition coefficient (Wildman–Crippen LogP) is 2.58. The van der Waals surface area contributed by atoms with Gasteiger partial charge in [-0.2, -0.15) is 8.42 Å². The number of nitro groups is 1. The van der Waals surface area contributed by atoms with Gasteiger partial charge in [-0.3, -0.25) is 19.7 Å². The normalized spacial score (nSPS) is 11.3. The lowest BCUT2D eigenvalue weighted by Gasteiger charge is -2.26. The number of rotatable bonds is 6. The number of ether oxygens (including phenoxy) is 2. The van der Waals surface area contributed by atoms with Crippen LogP contribution in [0, 0.1) is 10.1 Å². The lowest BCUT2D eigenvalue weighted by atomic mass is 10.0. The molecule has 0 aliphatic rings. The molecule has 0 aliphatic heterocycles. The van der Waals surface area contributed by atoms with E-state index in [9.17, 15) is 32.9 Å². The van der Waals surface area contributed by atoms with Crippen molar-refractivity contribution in [3.63, 3.8) is 0 Å². The maximum absolute atomic E-state index is 13.3. The van der Waals surface area contributed by atoms with Crippen LogP contribution in [0.5, 0.6) is 0 Å². The van der Waals surface area contributed by atoms with Crippen LogP contribution in [0.25, 0.3) is 0 Å². The van der Waals surface area contributed by atoms with Gasteiger partial charge in [0.15, 0.2) is 0 Å². The first-order valence-corrected chi connectivity index (χ1v) is 11.2. The number of non-ortho nitro benzene ring substituents is 1. The zero-order valence-electron chi connectivity index (χ0n) is 18.8. The predicted molar refractivity (Wildman–Crippen MR) is 118 cm³/mol. The molecule has 0 bridgehead atoms. The van der Waals surface area contributed by atoms with Gasteiger partial charge >= 0.3 is 12.1 Å². The van der Waals surface area contributed by atoms with E-state index in [0.717, 1.165) is 31.4 Å².